The molecule has 0 N–H and O–H groups in total. The summed E-state index contributed by atoms with van der Waals surface area (Å²) in [5, 5.41) is 19.1. The van der Waals surface area contributed by atoms with Gasteiger partial charge in [-0.3, -0.25) is 0 Å². The van der Waals surface area contributed by atoms with Crippen molar-refractivity contribution in [3.8, 4) is 23.7 Å². The average molecular weight is 136 g/mol. The second-order valence-corrected chi connectivity index (χ2v) is 1.07. The summed E-state index contributed by atoms with van der Waals surface area (Å²) in [6.07, 6.45) is 0. The third-order valence-corrected chi connectivity index (χ3v) is 0.392. The van der Waals surface area contributed by atoms with E-state index in [1.165, 1.54) is 11.8 Å². The maximum Gasteiger partial charge on any atom is 0.117 e. The van der Waals surface area contributed by atoms with E-state index in [1.54, 1.807) is 11.8 Å². The van der Waals surface area contributed by atoms with Crippen LogP contribution in [0.4, 0.5) is 0 Å². The molecule has 0 aromatic carbocycles. The molecule has 0 aromatic rings. The Morgan fingerprint density at radius 3 is 1.40 bits per heavy atom. The Morgan fingerprint density at radius 1 is 0.900 bits per heavy atom. The maximum absolute atomic E-state index is 9.53. The van der Waals surface area contributed by atoms with Gasteiger partial charge in [-0.25, -0.2) is 0 Å². The van der Waals surface area contributed by atoms with Crippen LogP contribution in [0.25, 0.3) is 0 Å². The Kier molecular flexibility index (Phi) is 3.22. The first kappa shape index (κ1) is 8.06. The Labute approximate surface area is 56.5 Å². The maximum atomic E-state index is 9.53. The van der Waals surface area contributed by atoms with E-state index in [1.807, 2.05) is 0 Å². The summed E-state index contributed by atoms with van der Waals surface area (Å²) in [6, 6.07) is 0. The van der Waals surface area contributed by atoms with Crippen molar-refractivity contribution in [2.45, 2.75) is 0 Å². The summed E-state index contributed by atoms with van der Waals surface area (Å²) in [5.74, 6) is 3.22. The van der Waals surface area contributed by atoms with Gasteiger partial charge in [0.25, 0.3) is 0 Å². The lowest BCUT2D eigenvalue weighted by Crippen LogP contribution is -2.19. The van der Waals surface area contributed by atoms with Crippen LogP contribution >= 0.6 is 0 Å². The Morgan fingerprint density at radius 2 is 1.20 bits per heavy atom. The third-order valence-electron chi connectivity index (χ3n) is 0.392. The number of hydrogen-bond donors (Lipinski definition) is 0. The Balaban J connectivity index is 4.03. The lowest BCUT2D eigenvalue weighted by Gasteiger charge is -1.80. The minimum absolute atomic E-state index is 1.49. The van der Waals surface area contributed by atoms with Crippen LogP contribution in [0.1, 0.15) is 0 Å². The lowest BCUT2D eigenvalue weighted by molar-refractivity contribution is -0.297. The molecule has 0 heterocycles. The molecule has 0 radical (unpaired) electrons. The summed E-state index contributed by atoms with van der Waals surface area (Å²) < 4.78 is 0. The summed E-state index contributed by atoms with van der Waals surface area (Å²) in [4.78, 5) is 19.1. The number of carbonyl (C=O) groups excluding carboxylic acids is 2. The molecule has 0 saturated heterocycles. The number of rotatable bonds is 0. The van der Waals surface area contributed by atoms with Crippen molar-refractivity contribution < 1.29 is 19.8 Å². The molecule has 0 spiro atoms. The van der Waals surface area contributed by atoms with Gasteiger partial charge in [-0.15, -0.1) is 0 Å². The second-order valence-electron chi connectivity index (χ2n) is 1.07. The molecule has 0 unspecified atom stereocenters. The Bertz CT molecular complexity index is 238. The van der Waals surface area contributed by atoms with Gasteiger partial charge in [-0.2, -0.15) is 0 Å². The van der Waals surface area contributed by atoms with Gasteiger partial charge in [0, 0.05) is 0 Å². The first-order chi connectivity index (χ1) is 4.63. The van der Waals surface area contributed by atoms with Crippen molar-refractivity contribution in [3.63, 3.8) is 0 Å². The predicted molar refractivity (Wildman–Crippen MR) is 25.6 cm³/mol. The minimum atomic E-state index is -1.60. The van der Waals surface area contributed by atoms with E-state index in [0.29, 0.717) is 0 Å². The van der Waals surface area contributed by atoms with Gasteiger partial charge in [0.15, 0.2) is 0 Å². The molecule has 50 valence electrons. The van der Waals surface area contributed by atoms with E-state index in [2.05, 4.69) is 0 Å². The highest BCUT2D eigenvalue weighted by molar-refractivity contribution is 5.87. The van der Waals surface area contributed by atoms with Crippen LogP contribution < -0.4 is 10.2 Å². The highest BCUT2D eigenvalue weighted by Gasteiger charge is 1.66. The van der Waals surface area contributed by atoms with Gasteiger partial charge < -0.3 is 19.8 Å². The third kappa shape index (κ3) is 6.06. The zero-order valence-corrected chi connectivity index (χ0v) is 4.63. The number of carboxylic acid groups (broad SMARTS) is 2. The highest BCUT2D eigenvalue weighted by Crippen LogP contribution is 1.52. The SMILES string of the molecule is O=C([O-])C#CC#CC(=O)[O-]. The minimum Gasteiger partial charge on any atom is -0.537 e. The van der Waals surface area contributed by atoms with Crippen molar-refractivity contribution in [3.05, 3.63) is 0 Å². The van der Waals surface area contributed by atoms with E-state index in [9.17, 15) is 19.8 Å². The monoisotopic (exact) mass is 136 g/mol. The Hall–Kier alpha value is -1.94. The van der Waals surface area contributed by atoms with E-state index >= 15 is 0 Å². The van der Waals surface area contributed by atoms with Gasteiger partial charge in [-0.1, -0.05) is 0 Å². The van der Waals surface area contributed by atoms with Crippen LogP contribution in [0.3, 0.4) is 0 Å². The van der Waals surface area contributed by atoms with E-state index in [0.717, 1.165) is 0 Å². The zero-order valence-electron chi connectivity index (χ0n) is 4.63. The molecule has 10 heavy (non-hydrogen) atoms. The fourth-order valence-electron chi connectivity index (χ4n) is 0.165. The molecule has 0 bridgehead atoms. The quantitative estimate of drug-likeness (QED) is 0.323. The fourth-order valence-corrected chi connectivity index (χ4v) is 0.165. The second kappa shape index (κ2) is 3.99. The molecule has 0 aliphatic rings. The van der Waals surface area contributed by atoms with Crippen LogP contribution in [-0.4, -0.2) is 11.9 Å². The number of hydrogen-bond acceptors (Lipinski definition) is 4. The van der Waals surface area contributed by atoms with Crippen LogP contribution in [0.2, 0.25) is 0 Å². The first-order valence-electron chi connectivity index (χ1n) is 2.07. The van der Waals surface area contributed by atoms with E-state index < -0.39 is 11.9 Å². The van der Waals surface area contributed by atoms with Gasteiger partial charge in [0.05, 0.1) is 0 Å². The molecule has 0 aromatic heterocycles. The predicted octanol–water partition coefficient (Wildman–Crippen LogP) is -3.51. The number of aliphatic carboxylic acids is 2. The summed E-state index contributed by atoms with van der Waals surface area (Å²) in [6.45, 7) is 0. The molecule has 0 aliphatic heterocycles. The molecule has 0 fully saturated rings. The summed E-state index contributed by atoms with van der Waals surface area (Å²) >= 11 is 0. The van der Waals surface area contributed by atoms with Crippen molar-refractivity contribution in [1.29, 1.82) is 0 Å². The summed E-state index contributed by atoms with van der Waals surface area (Å²) in [5.41, 5.74) is 0. The lowest BCUT2D eigenvalue weighted by atomic mass is 10.5. The van der Waals surface area contributed by atoms with E-state index in [4.69, 9.17) is 0 Å². The zero-order chi connectivity index (χ0) is 7.98. The molecule has 0 atom stereocenters. The topological polar surface area (TPSA) is 80.3 Å². The number of carboxylic acids is 2. The molecule has 0 saturated carbocycles. The molecular formula is C6O4-2. The fraction of sp³-hybridized carbons (Fsp3) is 0. The van der Waals surface area contributed by atoms with Gasteiger partial charge in [0.1, 0.15) is 11.9 Å². The largest absolute Gasteiger partial charge is 0.537 e. The van der Waals surface area contributed by atoms with Crippen molar-refractivity contribution in [2.75, 3.05) is 0 Å². The number of carbonyl (C=O) groups is 2. The van der Waals surface area contributed by atoms with E-state index in [-0.39, 0.29) is 0 Å². The standard InChI is InChI=1S/C6H2O4/c7-5(8)3-1-2-4-6(9)10/h(H,7,8)(H,9,10)/p-2. The molecule has 0 amide bonds. The normalized spacial score (nSPS) is 6.00. The summed E-state index contributed by atoms with van der Waals surface area (Å²) in [7, 11) is 0. The van der Waals surface area contributed by atoms with Crippen LogP contribution in [-0.2, 0) is 9.59 Å². The van der Waals surface area contributed by atoms with Crippen molar-refractivity contribution in [2.24, 2.45) is 0 Å². The molecule has 4 heteroatoms. The molecule has 0 aliphatic carbocycles. The van der Waals surface area contributed by atoms with Crippen LogP contribution in [0.5, 0.6) is 0 Å². The van der Waals surface area contributed by atoms with Gasteiger partial charge in [-0.05, 0) is 23.7 Å². The highest BCUT2D eigenvalue weighted by atomic mass is 16.4. The smallest absolute Gasteiger partial charge is 0.117 e. The first-order valence-corrected chi connectivity index (χ1v) is 2.07. The average Bonchev–Trinajstić information content (AvgIpc) is 1.79. The van der Waals surface area contributed by atoms with Crippen molar-refractivity contribution in [1.82, 2.24) is 0 Å². The van der Waals surface area contributed by atoms with Crippen molar-refractivity contribution >= 4 is 11.9 Å². The molecule has 4 nitrogen and oxygen atoms in total. The molecule has 0 rings (SSSR count). The van der Waals surface area contributed by atoms with Crippen LogP contribution in [0.15, 0.2) is 0 Å². The van der Waals surface area contributed by atoms with Gasteiger partial charge in [0.2, 0.25) is 0 Å². The van der Waals surface area contributed by atoms with Crippen LogP contribution in [0, 0.1) is 23.7 Å². The molecular weight excluding hydrogens is 136 g/mol. The van der Waals surface area contributed by atoms with Gasteiger partial charge >= 0.3 is 0 Å².